The Hall–Kier alpha value is -5.46. The van der Waals surface area contributed by atoms with Crippen molar-refractivity contribution in [2.75, 3.05) is 52.6 Å². The van der Waals surface area contributed by atoms with Gasteiger partial charge in [0.15, 0.2) is 17.3 Å². The number of nitrogens with one attached hydrogen (secondary N) is 3. The molecule has 0 saturated carbocycles. The summed E-state index contributed by atoms with van der Waals surface area (Å²) >= 11 is 6.82. The molecule has 3 aliphatic rings. The number of halogens is 1. The molecule has 4 heterocycles. The Labute approximate surface area is 451 Å². The number of fused-ring (bicyclic) bond motifs is 5. The van der Waals surface area contributed by atoms with Gasteiger partial charge in [0.25, 0.3) is 0 Å². The van der Waals surface area contributed by atoms with Crippen molar-refractivity contribution in [3.05, 3.63) is 64.7 Å². The second-order valence-corrected chi connectivity index (χ2v) is 23.1. The third-order valence-electron chi connectivity index (χ3n) is 13.2. The SMILES string of the molecule is CNC(=O)CCCOc1cnc(/C(C)=N/NC(=O)CC(C)(C)SSCCC(=O)N(C)[C@@H](C)C(=O)O[C@H]2CC(=O)N(C)c3cc(cc(OC)c3Cl)C/C(C)=C/C=C/[C@@H](OC)[C@@]3(O)C[C@H](OC(=O)N3)[C@@H](C)[C@@H]3O[C@@]23C)nc1. The number of benzene rings is 1. The van der Waals surface area contributed by atoms with E-state index in [9.17, 15) is 33.9 Å². The topological polar surface area (TPSA) is 262 Å². The number of hydrogen-bond donors (Lipinski definition) is 4. The molecular weight excluding hydrogens is 1030 g/mol. The van der Waals surface area contributed by atoms with Gasteiger partial charge in [-0.25, -0.2) is 25.0 Å². The molecule has 2 fully saturated rings. The molecule has 1 aromatic heterocycles. The number of hydrogen-bond acceptors (Lipinski definition) is 18. The number of aromatic nitrogens is 2. The Morgan fingerprint density at radius 1 is 1.15 bits per heavy atom. The predicted octanol–water partition coefficient (Wildman–Crippen LogP) is 5.69. The molecule has 0 radical (unpaired) electrons. The van der Waals surface area contributed by atoms with E-state index in [0.29, 0.717) is 60.3 Å². The highest BCUT2D eigenvalue weighted by molar-refractivity contribution is 8.77. The summed E-state index contributed by atoms with van der Waals surface area (Å²) in [6.07, 6.45) is 4.56. The number of carbonyl (C=O) groups excluding carboxylic acids is 6. The number of likely N-dealkylation sites (N-methyl/N-ethyl adjacent to an activating group) is 1. The normalized spacial score (nSPS) is 25.7. The van der Waals surface area contributed by atoms with Crippen LogP contribution < -0.4 is 30.4 Å². The quantitative estimate of drug-likeness (QED) is 0.0329. The number of carbonyl (C=O) groups is 6. The fourth-order valence-corrected chi connectivity index (χ4v) is 11.3. The molecule has 4 bridgehead atoms. The summed E-state index contributed by atoms with van der Waals surface area (Å²) in [7, 11) is 10.4. The number of hydrazone groups is 1. The first-order valence-corrected chi connectivity index (χ1v) is 27.2. The lowest BCUT2D eigenvalue weighted by Crippen LogP contribution is -2.63. The monoisotopic (exact) mass is 1100 g/mol. The molecule has 1 aromatic carbocycles. The number of aliphatic hydroxyl groups is 1. The van der Waals surface area contributed by atoms with Crippen LogP contribution in [0.3, 0.4) is 0 Å². The van der Waals surface area contributed by atoms with E-state index in [2.05, 4.69) is 31.1 Å². The largest absolute Gasteiger partial charge is 0.495 e. The van der Waals surface area contributed by atoms with Crippen LogP contribution in [0.5, 0.6) is 11.5 Å². The van der Waals surface area contributed by atoms with Crippen molar-refractivity contribution in [1.82, 2.24) is 30.9 Å². The van der Waals surface area contributed by atoms with Crippen molar-refractivity contribution >= 4 is 80.3 Å². The average Bonchev–Trinajstić information content (AvgIpc) is 4.07. The summed E-state index contributed by atoms with van der Waals surface area (Å²) in [5, 5.41) is 21.3. The van der Waals surface area contributed by atoms with Gasteiger partial charge in [-0.15, -0.1) is 0 Å². The van der Waals surface area contributed by atoms with Crippen molar-refractivity contribution in [3.63, 3.8) is 0 Å². The summed E-state index contributed by atoms with van der Waals surface area (Å²) in [6.45, 7) is 12.7. The minimum Gasteiger partial charge on any atom is -0.495 e. The van der Waals surface area contributed by atoms with E-state index in [4.69, 9.17) is 40.0 Å². The smallest absolute Gasteiger partial charge is 0.409 e. The minimum atomic E-state index is -1.87. The number of ether oxygens (including phenoxy) is 6. The maximum atomic E-state index is 14.4. The number of epoxide rings is 1. The average molecular weight is 1100 g/mol. The second kappa shape index (κ2) is 26.5. The molecule has 4 N–H and O–H groups in total. The maximum Gasteiger partial charge on any atom is 0.409 e. The van der Waals surface area contributed by atoms with Crippen LogP contribution in [0.25, 0.3) is 0 Å². The Kier molecular flexibility index (Phi) is 21.4. The number of esters is 1. The molecule has 21 nitrogen and oxygen atoms in total. The second-order valence-electron chi connectivity index (χ2n) is 19.6. The van der Waals surface area contributed by atoms with E-state index >= 15 is 0 Å². The van der Waals surface area contributed by atoms with E-state index in [1.807, 2.05) is 26.8 Å². The van der Waals surface area contributed by atoms with Crippen LogP contribution in [0, 0.1) is 5.92 Å². The van der Waals surface area contributed by atoms with Crippen molar-refractivity contribution in [2.24, 2.45) is 11.0 Å². The molecule has 8 atom stereocenters. The van der Waals surface area contributed by atoms with Gasteiger partial charge in [-0.05, 0) is 72.1 Å². The Bertz CT molecular complexity index is 2500. The van der Waals surface area contributed by atoms with Crippen LogP contribution in [-0.4, -0.2) is 156 Å². The fourth-order valence-electron chi connectivity index (χ4n) is 8.50. The van der Waals surface area contributed by atoms with Gasteiger partial charge in [0.1, 0.15) is 46.4 Å². The van der Waals surface area contributed by atoms with Crippen LogP contribution >= 0.6 is 33.2 Å². The van der Waals surface area contributed by atoms with Gasteiger partial charge in [0, 0.05) is 70.4 Å². The molecule has 2 aromatic rings. The first-order chi connectivity index (χ1) is 35.3. The number of amides is 5. The molecule has 75 heavy (non-hydrogen) atoms. The van der Waals surface area contributed by atoms with Crippen LogP contribution in [0.2, 0.25) is 5.02 Å². The molecule has 5 amide bonds. The molecule has 5 rings (SSSR count). The summed E-state index contributed by atoms with van der Waals surface area (Å²) in [5.41, 5.74) is 1.82. The third kappa shape index (κ3) is 16.3. The van der Waals surface area contributed by atoms with Crippen molar-refractivity contribution < 1.29 is 62.3 Å². The first kappa shape index (κ1) is 60.4. The van der Waals surface area contributed by atoms with Gasteiger partial charge in [0.05, 0.1) is 44.3 Å². The summed E-state index contributed by atoms with van der Waals surface area (Å²) in [4.78, 5) is 90.5. The maximum absolute atomic E-state index is 14.4. The van der Waals surface area contributed by atoms with Gasteiger partial charge >= 0.3 is 12.1 Å². The van der Waals surface area contributed by atoms with Crippen LogP contribution in [-0.2, 0) is 49.3 Å². The minimum absolute atomic E-state index is 0.0597. The molecule has 0 unspecified atom stereocenters. The van der Waals surface area contributed by atoms with E-state index in [1.165, 1.54) is 72.0 Å². The number of allylic oxidation sites excluding steroid dienone is 3. The van der Waals surface area contributed by atoms with Gasteiger partial charge in [-0.2, -0.15) is 5.10 Å². The Morgan fingerprint density at radius 2 is 1.85 bits per heavy atom. The number of nitrogens with zero attached hydrogens (tertiary/aromatic N) is 5. The van der Waals surface area contributed by atoms with Gasteiger partial charge in [-0.3, -0.25) is 24.5 Å². The summed E-state index contributed by atoms with van der Waals surface area (Å²) < 4.78 is 34.5. The molecule has 0 aliphatic carbocycles. The van der Waals surface area contributed by atoms with Gasteiger partial charge in [0.2, 0.25) is 23.6 Å². The van der Waals surface area contributed by atoms with E-state index in [-0.39, 0.29) is 48.4 Å². The summed E-state index contributed by atoms with van der Waals surface area (Å²) in [5.74, 6) is -1.15. The zero-order valence-corrected chi connectivity index (χ0v) is 47.0. The Balaban J connectivity index is 1.22. The van der Waals surface area contributed by atoms with E-state index in [0.717, 1.165) is 11.1 Å². The third-order valence-corrected chi connectivity index (χ3v) is 16.9. The Morgan fingerprint density at radius 3 is 2.52 bits per heavy atom. The van der Waals surface area contributed by atoms with Gasteiger partial charge < -0.3 is 48.6 Å². The van der Waals surface area contributed by atoms with Crippen LogP contribution in [0.4, 0.5) is 10.5 Å². The zero-order valence-electron chi connectivity index (χ0n) is 44.6. The van der Waals surface area contributed by atoms with Crippen molar-refractivity contribution in [2.45, 2.75) is 140 Å². The zero-order chi connectivity index (χ0) is 55.4. The number of rotatable bonds is 19. The van der Waals surface area contributed by atoms with E-state index < -0.39 is 70.4 Å². The summed E-state index contributed by atoms with van der Waals surface area (Å²) in [6, 6.07) is 2.47. The molecule has 24 heteroatoms. The molecule has 0 spiro atoms. The lowest BCUT2D eigenvalue weighted by atomic mass is 9.83. The molecular formula is C51H71ClN8O13S2. The van der Waals surface area contributed by atoms with Gasteiger partial charge in [-0.1, -0.05) is 63.9 Å². The highest BCUT2D eigenvalue weighted by Gasteiger charge is 2.64. The lowest BCUT2D eigenvalue weighted by Gasteiger charge is -2.42. The highest BCUT2D eigenvalue weighted by atomic mass is 35.5. The predicted molar refractivity (Wildman–Crippen MR) is 285 cm³/mol. The lowest BCUT2D eigenvalue weighted by molar-refractivity contribution is -0.162. The fraction of sp³-hybridized carbons (Fsp3) is 0.588. The standard InChI is InChI=1S/C51H71ClN8O13S2/c1-29-15-13-16-38(69-12)51(67)25-37(71-48(66)56-51)30(2)45-50(7,73-45)39(24-43(64)60(10)35-22-33(21-29)23-36(68-11)44(35)52)72-47(65)32(4)59(9)42(63)18-20-74-75-49(5,6)26-41(62)58-57-31(3)46-54-27-34(28-55-46)70-19-14-17-40(61)53-8/h13,15-16,22-23,27-28,30,32,37-39,45,67H,14,17-21,24-26H2,1-12H3,(H,53,61)(H,56,66)(H,58,62)/b16-13+,29-15+,57-31+/t30-,32+,37+,38-,39+,45+,50+,51+/m1/s1. The van der Waals surface area contributed by atoms with Crippen molar-refractivity contribution in [3.8, 4) is 11.5 Å². The first-order valence-electron chi connectivity index (χ1n) is 24.5. The highest BCUT2D eigenvalue weighted by Crippen LogP contribution is 2.49. The van der Waals surface area contributed by atoms with Crippen LogP contribution in [0.15, 0.2) is 53.4 Å². The number of anilines is 1. The molecule has 3 aliphatic heterocycles. The number of alkyl carbamates (subject to hydrolysis) is 1. The van der Waals surface area contributed by atoms with E-state index in [1.54, 1.807) is 59.2 Å². The van der Waals surface area contributed by atoms with Crippen LogP contribution in [0.1, 0.15) is 98.4 Å². The molecule has 2 saturated heterocycles. The van der Waals surface area contributed by atoms with Crippen molar-refractivity contribution in [1.29, 1.82) is 0 Å². The number of methoxy groups -OCH3 is 2. The molecule has 412 valence electrons.